The van der Waals surface area contributed by atoms with E-state index in [9.17, 15) is 14.7 Å². The second kappa shape index (κ2) is 4.53. The fourth-order valence-electron chi connectivity index (χ4n) is 2.08. The third-order valence-electron chi connectivity index (χ3n) is 3.40. The van der Waals surface area contributed by atoms with Crippen molar-refractivity contribution in [1.29, 1.82) is 0 Å². The number of amides is 1. The average molecular weight is 251 g/mol. The number of carbonyl (C=O) groups is 1. The molecule has 98 valence electrons. The van der Waals surface area contributed by atoms with Gasteiger partial charge in [-0.2, -0.15) is 5.10 Å². The summed E-state index contributed by atoms with van der Waals surface area (Å²) in [5, 5.41) is 16.0. The smallest absolute Gasteiger partial charge is 0.279 e. The first kappa shape index (κ1) is 12.8. The Hall–Kier alpha value is -1.69. The quantitative estimate of drug-likeness (QED) is 0.752. The number of rotatable bonds is 2. The molecule has 0 saturated heterocycles. The molecule has 18 heavy (non-hydrogen) atoms. The Morgan fingerprint density at radius 2 is 2.06 bits per heavy atom. The van der Waals surface area contributed by atoms with Gasteiger partial charge in [0.05, 0.1) is 11.8 Å². The molecule has 1 heterocycles. The molecular weight excluding hydrogens is 234 g/mol. The van der Waals surface area contributed by atoms with Crippen LogP contribution in [0.15, 0.2) is 4.79 Å². The van der Waals surface area contributed by atoms with E-state index in [0.29, 0.717) is 24.1 Å². The zero-order valence-electron chi connectivity index (χ0n) is 10.7. The fourth-order valence-corrected chi connectivity index (χ4v) is 2.08. The Labute approximate surface area is 105 Å². The molecule has 1 aromatic rings. The van der Waals surface area contributed by atoms with Crippen LogP contribution in [0.5, 0.6) is 0 Å². The largest absolute Gasteiger partial charge is 0.393 e. The first-order valence-corrected chi connectivity index (χ1v) is 5.93. The van der Waals surface area contributed by atoms with E-state index in [0.717, 1.165) is 0 Å². The lowest BCUT2D eigenvalue weighted by molar-refractivity contribution is 0.0561. The molecule has 2 rings (SSSR count). The standard InChI is InChI=1S/C12H17N3O3/c1-6-7(2)14-15(3)12(18)10(6)11(17)13-8-4-9(16)5-8/h8-9,16H,4-5H2,1-3H3,(H,13,17). The summed E-state index contributed by atoms with van der Waals surface area (Å²) >= 11 is 0. The predicted octanol–water partition coefficient (Wildman–Crippen LogP) is -0.350. The summed E-state index contributed by atoms with van der Waals surface area (Å²) in [5.74, 6) is -0.379. The molecule has 0 unspecified atom stereocenters. The molecule has 6 nitrogen and oxygen atoms in total. The van der Waals surface area contributed by atoms with Gasteiger partial charge in [0.2, 0.25) is 0 Å². The summed E-state index contributed by atoms with van der Waals surface area (Å²) in [6, 6.07) is -0.0370. The van der Waals surface area contributed by atoms with Crippen molar-refractivity contribution in [2.24, 2.45) is 7.05 Å². The maximum Gasteiger partial charge on any atom is 0.279 e. The van der Waals surface area contributed by atoms with Crippen molar-refractivity contribution < 1.29 is 9.90 Å². The van der Waals surface area contributed by atoms with E-state index >= 15 is 0 Å². The molecule has 1 aliphatic rings. The van der Waals surface area contributed by atoms with Crippen LogP contribution < -0.4 is 10.9 Å². The molecule has 1 aliphatic carbocycles. The monoisotopic (exact) mass is 251 g/mol. The zero-order chi connectivity index (χ0) is 13.4. The number of aliphatic hydroxyl groups excluding tert-OH is 1. The van der Waals surface area contributed by atoms with E-state index in [4.69, 9.17) is 0 Å². The average Bonchev–Trinajstić information content (AvgIpc) is 2.25. The van der Waals surface area contributed by atoms with Crippen LogP contribution in [0.1, 0.15) is 34.5 Å². The van der Waals surface area contributed by atoms with Gasteiger partial charge in [-0.05, 0) is 32.3 Å². The van der Waals surface area contributed by atoms with Crippen LogP contribution in [-0.2, 0) is 7.05 Å². The minimum Gasteiger partial charge on any atom is -0.393 e. The van der Waals surface area contributed by atoms with E-state index in [-0.39, 0.29) is 23.6 Å². The van der Waals surface area contributed by atoms with Gasteiger partial charge in [-0.3, -0.25) is 9.59 Å². The van der Waals surface area contributed by atoms with Gasteiger partial charge in [-0.1, -0.05) is 0 Å². The fraction of sp³-hybridized carbons (Fsp3) is 0.583. The van der Waals surface area contributed by atoms with E-state index in [2.05, 4.69) is 10.4 Å². The maximum atomic E-state index is 12.1. The van der Waals surface area contributed by atoms with Crippen molar-refractivity contribution in [3.63, 3.8) is 0 Å². The predicted molar refractivity (Wildman–Crippen MR) is 65.4 cm³/mol. The Balaban J connectivity index is 2.27. The summed E-state index contributed by atoms with van der Waals surface area (Å²) in [6.45, 7) is 3.48. The first-order chi connectivity index (χ1) is 8.40. The first-order valence-electron chi connectivity index (χ1n) is 5.93. The lowest BCUT2D eigenvalue weighted by Gasteiger charge is -2.32. The highest BCUT2D eigenvalue weighted by Crippen LogP contribution is 2.19. The molecule has 0 radical (unpaired) electrons. The van der Waals surface area contributed by atoms with Gasteiger partial charge in [0.25, 0.3) is 11.5 Å². The highest BCUT2D eigenvalue weighted by Gasteiger charge is 2.30. The third-order valence-corrected chi connectivity index (χ3v) is 3.40. The molecular formula is C12H17N3O3. The van der Waals surface area contributed by atoms with Crippen LogP contribution in [0.3, 0.4) is 0 Å². The van der Waals surface area contributed by atoms with Crippen LogP contribution in [0.25, 0.3) is 0 Å². The minimum absolute atomic E-state index is 0.0370. The number of hydrogen-bond acceptors (Lipinski definition) is 4. The number of aliphatic hydroxyl groups is 1. The summed E-state index contributed by atoms with van der Waals surface area (Å²) < 4.78 is 1.17. The zero-order valence-corrected chi connectivity index (χ0v) is 10.7. The summed E-state index contributed by atoms with van der Waals surface area (Å²) in [6.07, 6.45) is 0.767. The molecule has 0 aromatic carbocycles. The number of aromatic nitrogens is 2. The second-order valence-corrected chi connectivity index (χ2v) is 4.81. The van der Waals surface area contributed by atoms with E-state index in [1.807, 2.05) is 0 Å². The normalized spacial score (nSPS) is 22.4. The summed E-state index contributed by atoms with van der Waals surface area (Å²) in [4.78, 5) is 24.0. The van der Waals surface area contributed by atoms with Crippen molar-refractivity contribution in [2.75, 3.05) is 0 Å². The molecule has 6 heteroatoms. The number of aryl methyl sites for hydroxylation is 2. The van der Waals surface area contributed by atoms with Crippen LogP contribution in [-0.4, -0.2) is 32.9 Å². The maximum absolute atomic E-state index is 12.1. The molecule has 2 N–H and O–H groups in total. The molecule has 1 aromatic heterocycles. The van der Waals surface area contributed by atoms with Crippen molar-refractivity contribution in [2.45, 2.75) is 38.8 Å². The van der Waals surface area contributed by atoms with Crippen LogP contribution in [0, 0.1) is 13.8 Å². The number of hydrogen-bond donors (Lipinski definition) is 2. The van der Waals surface area contributed by atoms with Crippen LogP contribution in [0.2, 0.25) is 0 Å². The summed E-state index contributed by atoms with van der Waals surface area (Å²) in [5.41, 5.74) is 1.02. The Bertz CT molecular complexity index is 544. The third kappa shape index (κ3) is 2.15. The molecule has 0 bridgehead atoms. The molecule has 1 fully saturated rings. The van der Waals surface area contributed by atoms with Crippen molar-refractivity contribution >= 4 is 5.91 Å². The lowest BCUT2D eigenvalue weighted by atomic mass is 9.89. The highest BCUT2D eigenvalue weighted by atomic mass is 16.3. The highest BCUT2D eigenvalue weighted by molar-refractivity contribution is 5.95. The van der Waals surface area contributed by atoms with Crippen molar-refractivity contribution in [3.8, 4) is 0 Å². The van der Waals surface area contributed by atoms with E-state index < -0.39 is 5.56 Å². The minimum atomic E-state index is -0.393. The number of nitrogens with zero attached hydrogens (tertiary/aromatic N) is 2. The Kier molecular flexibility index (Phi) is 3.21. The SMILES string of the molecule is Cc1nn(C)c(=O)c(C(=O)NC2CC(O)C2)c1C. The van der Waals surface area contributed by atoms with Crippen LogP contribution in [0.4, 0.5) is 0 Å². The molecule has 1 amide bonds. The van der Waals surface area contributed by atoms with Gasteiger partial charge in [-0.25, -0.2) is 4.68 Å². The van der Waals surface area contributed by atoms with Gasteiger partial charge in [0.1, 0.15) is 5.56 Å². The van der Waals surface area contributed by atoms with Gasteiger partial charge < -0.3 is 10.4 Å². The summed E-state index contributed by atoms with van der Waals surface area (Å²) in [7, 11) is 1.53. The molecule has 0 aliphatic heterocycles. The Morgan fingerprint density at radius 3 is 2.61 bits per heavy atom. The van der Waals surface area contributed by atoms with E-state index in [1.54, 1.807) is 13.8 Å². The Morgan fingerprint density at radius 1 is 1.44 bits per heavy atom. The topological polar surface area (TPSA) is 84.2 Å². The second-order valence-electron chi connectivity index (χ2n) is 4.81. The number of nitrogens with one attached hydrogen (secondary N) is 1. The van der Waals surface area contributed by atoms with Crippen molar-refractivity contribution in [1.82, 2.24) is 15.1 Å². The van der Waals surface area contributed by atoms with Gasteiger partial charge in [-0.15, -0.1) is 0 Å². The van der Waals surface area contributed by atoms with Crippen molar-refractivity contribution in [3.05, 3.63) is 27.2 Å². The lowest BCUT2D eigenvalue weighted by Crippen LogP contribution is -2.48. The van der Waals surface area contributed by atoms with Gasteiger partial charge in [0.15, 0.2) is 0 Å². The van der Waals surface area contributed by atoms with Crippen LogP contribution >= 0.6 is 0 Å². The molecule has 1 saturated carbocycles. The number of carbonyl (C=O) groups excluding carboxylic acids is 1. The van der Waals surface area contributed by atoms with E-state index in [1.165, 1.54) is 11.7 Å². The van der Waals surface area contributed by atoms with Gasteiger partial charge >= 0.3 is 0 Å². The van der Waals surface area contributed by atoms with Gasteiger partial charge in [0, 0.05) is 13.1 Å². The molecule has 0 spiro atoms. The molecule has 0 atom stereocenters.